The molecule has 0 saturated carbocycles. The Bertz CT molecular complexity index is 765. The fraction of sp³-hybridized carbons (Fsp3) is 0.412. The number of likely N-dealkylation sites (tertiary alicyclic amines) is 1. The van der Waals surface area contributed by atoms with Gasteiger partial charge in [-0.25, -0.2) is 0 Å². The SMILES string of the molecule is O=C(CN1CCCCCCC1=O)Nc1nnc(-c2ccccc2Cl)s1. The van der Waals surface area contributed by atoms with Gasteiger partial charge < -0.3 is 4.90 Å². The molecule has 0 spiro atoms. The number of rotatable bonds is 4. The minimum Gasteiger partial charge on any atom is -0.333 e. The highest BCUT2D eigenvalue weighted by molar-refractivity contribution is 7.18. The lowest BCUT2D eigenvalue weighted by Crippen LogP contribution is -2.39. The molecule has 0 unspecified atom stereocenters. The molecule has 132 valence electrons. The summed E-state index contributed by atoms with van der Waals surface area (Å²) in [5.74, 6) is -0.209. The van der Waals surface area contributed by atoms with Crippen molar-refractivity contribution < 1.29 is 9.59 Å². The van der Waals surface area contributed by atoms with Crippen molar-refractivity contribution in [1.29, 1.82) is 0 Å². The monoisotopic (exact) mass is 378 g/mol. The molecule has 2 heterocycles. The van der Waals surface area contributed by atoms with Gasteiger partial charge in [-0.3, -0.25) is 14.9 Å². The van der Waals surface area contributed by atoms with Crippen LogP contribution in [-0.4, -0.2) is 40.0 Å². The highest BCUT2D eigenvalue weighted by atomic mass is 35.5. The van der Waals surface area contributed by atoms with Gasteiger partial charge in [-0.05, 0) is 18.9 Å². The maximum absolute atomic E-state index is 12.2. The first-order chi connectivity index (χ1) is 12.1. The van der Waals surface area contributed by atoms with Gasteiger partial charge in [0.15, 0.2) is 5.01 Å². The van der Waals surface area contributed by atoms with Gasteiger partial charge in [0.25, 0.3) is 0 Å². The predicted molar refractivity (Wildman–Crippen MR) is 98.6 cm³/mol. The minimum absolute atomic E-state index is 0.0453. The lowest BCUT2D eigenvalue weighted by atomic mass is 10.1. The summed E-state index contributed by atoms with van der Waals surface area (Å²) in [6.07, 6.45) is 4.54. The summed E-state index contributed by atoms with van der Waals surface area (Å²) in [5.41, 5.74) is 0.779. The zero-order valence-electron chi connectivity index (χ0n) is 13.7. The number of anilines is 1. The average Bonchev–Trinajstić information content (AvgIpc) is 3.03. The second kappa shape index (κ2) is 8.40. The van der Waals surface area contributed by atoms with E-state index in [1.165, 1.54) is 11.3 Å². The van der Waals surface area contributed by atoms with Crippen LogP contribution >= 0.6 is 22.9 Å². The zero-order valence-corrected chi connectivity index (χ0v) is 15.3. The van der Waals surface area contributed by atoms with E-state index in [0.29, 0.717) is 28.1 Å². The summed E-state index contributed by atoms with van der Waals surface area (Å²) in [6, 6.07) is 7.35. The number of carbonyl (C=O) groups is 2. The maximum atomic E-state index is 12.2. The summed E-state index contributed by atoms with van der Waals surface area (Å²) < 4.78 is 0. The van der Waals surface area contributed by atoms with Gasteiger partial charge in [0.1, 0.15) is 0 Å². The van der Waals surface area contributed by atoms with Gasteiger partial charge in [-0.2, -0.15) is 0 Å². The lowest BCUT2D eigenvalue weighted by molar-refractivity contribution is -0.135. The van der Waals surface area contributed by atoms with Crippen LogP contribution in [0, 0.1) is 0 Å². The van der Waals surface area contributed by atoms with Crippen molar-refractivity contribution in [2.45, 2.75) is 32.1 Å². The molecule has 1 N–H and O–H groups in total. The Morgan fingerprint density at radius 3 is 2.84 bits per heavy atom. The van der Waals surface area contributed by atoms with Crippen LogP contribution in [0.2, 0.25) is 5.02 Å². The van der Waals surface area contributed by atoms with E-state index in [-0.39, 0.29) is 18.4 Å². The van der Waals surface area contributed by atoms with Crippen LogP contribution in [0.1, 0.15) is 32.1 Å². The maximum Gasteiger partial charge on any atom is 0.245 e. The van der Waals surface area contributed by atoms with E-state index in [1.807, 2.05) is 18.2 Å². The van der Waals surface area contributed by atoms with E-state index < -0.39 is 0 Å². The molecule has 2 amide bonds. The third kappa shape index (κ3) is 4.76. The van der Waals surface area contributed by atoms with Crippen molar-refractivity contribution >= 4 is 39.9 Å². The van der Waals surface area contributed by atoms with Crippen LogP contribution in [0.3, 0.4) is 0 Å². The third-order valence-electron chi connectivity index (χ3n) is 4.03. The first kappa shape index (κ1) is 17.8. The Labute approximate surface area is 155 Å². The molecule has 1 aromatic carbocycles. The molecule has 0 aliphatic carbocycles. The molecule has 0 bridgehead atoms. The summed E-state index contributed by atoms with van der Waals surface area (Å²) in [4.78, 5) is 26.0. The Kier molecular flexibility index (Phi) is 5.99. The summed E-state index contributed by atoms with van der Waals surface area (Å²) >= 11 is 7.41. The van der Waals surface area contributed by atoms with Crippen LogP contribution in [0.15, 0.2) is 24.3 Å². The molecule has 0 radical (unpaired) electrons. The molecular weight excluding hydrogens is 360 g/mol. The van der Waals surface area contributed by atoms with Crippen LogP contribution < -0.4 is 5.32 Å². The van der Waals surface area contributed by atoms with Crippen molar-refractivity contribution in [3.05, 3.63) is 29.3 Å². The Hall–Kier alpha value is -1.99. The van der Waals surface area contributed by atoms with Gasteiger partial charge in [-0.1, -0.05) is 54.0 Å². The van der Waals surface area contributed by atoms with E-state index in [4.69, 9.17) is 11.6 Å². The van der Waals surface area contributed by atoms with E-state index >= 15 is 0 Å². The van der Waals surface area contributed by atoms with Crippen LogP contribution in [0.5, 0.6) is 0 Å². The number of hydrogen-bond acceptors (Lipinski definition) is 5. The first-order valence-corrected chi connectivity index (χ1v) is 9.49. The van der Waals surface area contributed by atoms with Crippen molar-refractivity contribution in [2.75, 3.05) is 18.4 Å². The third-order valence-corrected chi connectivity index (χ3v) is 5.23. The second-order valence-electron chi connectivity index (χ2n) is 5.92. The molecule has 1 saturated heterocycles. The molecule has 8 heteroatoms. The smallest absolute Gasteiger partial charge is 0.245 e. The number of benzene rings is 1. The molecule has 2 aromatic rings. The van der Waals surface area contributed by atoms with Gasteiger partial charge in [0.05, 0.1) is 11.6 Å². The molecule has 25 heavy (non-hydrogen) atoms. The molecule has 3 rings (SSSR count). The quantitative estimate of drug-likeness (QED) is 0.882. The number of nitrogens with one attached hydrogen (secondary N) is 1. The number of nitrogens with zero attached hydrogens (tertiary/aromatic N) is 3. The van der Waals surface area contributed by atoms with E-state index in [0.717, 1.165) is 31.2 Å². The highest BCUT2D eigenvalue weighted by Gasteiger charge is 2.19. The number of hydrogen-bond donors (Lipinski definition) is 1. The average molecular weight is 379 g/mol. The van der Waals surface area contributed by atoms with Gasteiger partial charge in [0.2, 0.25) is 16.9 Å². The number of carbonyl (C=O) groups excluding carboxylic acids is 2. The van der Waals surface area contributed by atoms with Crippen molar-refractivity contribution in [1.82, 2.24) is 15.1 Å². The van der Waals surface area contributed by atoms with Crippen LogP contribution in [0.25, 0.3) is 10.6 Å². The van der Waals surface area contributed by atoms with E-state index in [2.05, 4.69) is 15.5 Å². The Balaban J connectivity index is 1.61. The molecular formula is C17H19ClN4O2S. The molecule has 0 atom stereocenters. The topological polar surface area (TPSA) is 75.2 Å². The number of aromatic nitrogens is 2. The molecule has 1 aromatic heterocycles. The molecule has 1 aliphatic rings. The predicted octanol–water partition coefficient (Wildman–Crippen LogP) is 3.59. The largest absolute Gasteiger partial charge is 0.333 e. The molecule has 1 aliphatic heterocycles. The Morgan fingerprint density at radius 1 is 1.20 bits per heavy atom. The fourth-order valence-electron chi connectivity index (χ4n) is 2.73. The summed E-state index contributed by atoms with van der Waals surface area (Å²) in [5, 5.41) is 12.4. The second-order valence-corrected chi connectivity index (χ2v) is 7.30. The fourth-order valence-corrected chi connectivity index (χ4v) is 3.81. The normalized spacial score (nSPS) is 15.6. The first-order valence-electron chi connectivity index (χ1n) is 8.29. The van der Waals surface area contributed by atoms with E-state index in [1.54, 1.807) is 11.0 Å². The van der Waals surface area contributed by atoms with Crippen molar-refractivity contribution in [3.8, 4) is 10.6 Å². The zero-order chi connectivity index (χ0) is 17.6. The van der Waals surface area contributed by atoms with Gasteiger partial charge in [0, 0.05) is 18.5 Å². The van der Waals surface area contributed by atoms with Crippen LogP contribution in [-0.2, 0) is 9.59 Å². The molecule has 6 nitrogen and oxygen atoms in total. The standard InChI is InChI=1S/C17H19ClN4O2S/c18-13-8-5-4-7-12(13)16-20-21-17(25-16)19-14(23)11-22-10-6-2-1-3-9-15(22)24/h4-5,7-8H,1-3,6,9-11H2,(H,19,21,23). The Morgan fingerprint density at radius 2 is 2.00 bits per heavy atom. The number of halogens is 1. The van der Waals surface area contributed by atoms with E-state index in [9.17, 15) is 9.59 Å². The molecule has 1 fully saturated rings. The van der Waals surface area contributed by atoms with Gasteiger partial charge in [-0.15, -0.1) is 10.2 Å². The van der Waals surface area contributed by atoms with Gasteiger partial charge >= 0.3 is 0 Å². The lowest BCUT2D eigenvalue weighted by Gasteiger charge is -2.23. The summed E-state index contributed by atoms with van der Waals surface area (Å²) in [6.45, 7) is 0.688. The highest BCUT2D eigenvalue weighted by Crippen LogP contribution is 2.31. The van der Waals surface area contributed by atoms with Crippen molar-refractivity contribution in [3.63, 3.8) is 0 Å². The number of amides is 2. The van der Waals surface area contributed by atoms with Crippen molar-refractivity contribution in [2.24, 2.45) is 0 Å². The van der Waals surface area contributed by atoms with Crippen LogP contribution in [0.4, 0.5) is 5.13 Å². The minimum atomic E-state index is -0.254. The summed E-state index contributed by atoms with van der Waals surface area (Å²) in [7, 11) is 0.